The van der Waals surface area contributed by atoms with Crippen LogP contribution in [-0.2, 0) is 6.18 Å². The zero-order valence-corrected chi connectivity index (χ0v) is 11.5. The molecule has 0 amide bonds. The third-order valence-electron chi connectivity index (χ3n) is 3.64. The largest absolute Gasteiger partial charge is 0.493 e. The van der Waals surface area contributed by atoms with Crippen LogP contribution in [0.5, 0.6) is 11.5 Å². The predicted molar refractivity (Wildman–Crippen MR) is 69.4 cm³/mol. The number of piperidine rings is 1. The third kappa shape index (κ3) is 3.00. The lowest BCUT2D eigenvalue weighted by Gasteiger charge is -2.26. The van der Waals surface area contributed by atoms with E-state index in [9.17, 15) is 13.2 Å². The second kappa shape index (κ2) is 5.91. The van der Waals surface area contributed by atoms with Gasteiger partial charge in [0.25, 0.3) is 0 Å². The molecule has 1 heterocycles. The van der Waals surface area contributed by atoms with E-state index in [-0.39, 0.29) is 11.7 Å². The van der Waals surface area contributed by atoms with Crippen LogP contribution in [0.2, 0.25) is 0 Å². The van der Waals surface area contributed by atoms with E-state index in [4.69, 9.17) is 9.47 Å². The van der Waals surface area contributed by atoms with E-state index in [0.29, 0.717) is 24.2 Å². The van der Waals surface area contributed by atoms with E-state index in [2.05, 4.69) is 5.32 Å². The van der Waals surface area contributed by atoms with Crippen molar-refractivity contribution >= 4 is 0 Å². The molecule has 0 saturated carbocycles. The quantitative estimate of drug-likeness (QED) is 0.927. The normalized spacial score (nSPS) is 17.1. The van der Waals surface area contributed by atoms with Gasteiger partial charge in [-0.1, -0.05) is 0 Å². The van der Waals surface area contributed by atoms with Gasteiger partial charge in [-0.15, -0.1) is 0 Å². The number of ether oxygens (including phenoxy) is 2. The van der Waals surface area contributed by atoms with Crippen LogP contribution < -0.4 is 14.8 Å². The molecule has 1 aliphatic rings. The minimum atomic E-state index is -4.39. The molecule has 1 aromatic carbocycles. The summed E-state index contributed by atoms with van der Waals surface area (Å²) in [5.74, 6) is 0.347. The lowest BCUT2D eigenvalue weighted by Crippen LogP contribution is -2.28. The van der Waals surface area contributed by atoms with Crippen LogP contribution in [0.1, 0.15) is 29.9 Å². The number of alkyl halides is 3. The van der Waals surface area contributed by atoms with Gasteiger partial charge in [0, 0.05) is 0 Å². The maximum absolute atomic E-state index is 13.2. The predicted octanol–water partition coefficient (Wildman–Crippen LogP) is 3.19. The zero-order chi connectivity index (χ0) is 14.8. The highest BCUT2D eigenvalue weighted by Crippen LogP contribution is 2.43. The fraction of sp³-hybridized carbons (Fsp3) is 0.571. The molecule has 1 aromatic rings. The molecule has 3 nitrogen and oxygen atoms in total. The number of hydrogen-bond acceptors (Lipinski definition) is 3. The standard InChI is InChI=1S/C14H18F3NO2/c1-19-12-7-10(9-3-5-18-6-4-9)11(14(15,16)17)8-13(12)20-2/h7-9,18H,3-6H2,1-2H3. The number of nitrogens with one attached hydrogen (secondary N) is 1. The van der Waals surface area contributed by atoms with Gasteiger partial charge in [0.05, 0.1) is 19.8 Å². The molecule has 0 bridgehead atoms. The van der Waals surface area contributed by atoms with Gasteiger partial charge in [-0.05, 0) is 49.5 Å². The van der Waals surface area contributed by atoms with Crippen LogP contribution >= 0.6 is 0 Å². The van der Waals surface area contributed by atoms with Crippen molar-refractivity contribution in [2.75, 3.05) is 27.3 Å². The topological polar surface area (TPSA) is 30.5 Å². The molecule has 0 atom stereocenters. The van der Waals surface area contributed by atoms with Crippen molar-refractivity contribution in [1.82, 2.24) is 5.32 Å². The van der Waals surface area contributed by atoms with E-state index in [1.54, 1.807) is 0 Å². The van der Waals surface area contributed by atoms with Gasteiger partial charge in [-0.3, -0.25) is 0 Å². The fourth-order valence-electron chi connectivity index (χ4n) is 2.61. The van der Waals surface area contributed by atoms with Crippen LogP contribution in [0.4, 0.5) is 13.2 Å². The van der Waals surface area contributed by atoms with E-state index in [1.807, 2.05) is 0 Å². The summed E-state index contributed by atoms with van der Waals surface area (Å²) in [6.07, 6.45) is -3.00. The number of rotatable bonds is 3. The first-order valence-electron chi connectivity index (χ1n) is 6.51. The van der Waals surface area contributed by atoms with Crippen molar-refractivity contribution in [3.63, 3.8) is 0 Å². The Balaban J connectivity index is 2.51. The molecule has 0 radical (unpaired) electrons. The van der Waals surface area contributed by atoms with Gasteiger partial charge < -0.3 is 14.8 Å². The Morgan fingerprint density at radius 1 is 1.05 bits per heavy atom. The second-order valence-electron chi connectivity index (χ2n) is 4.82. The Morgan fingerprint density at radius 2 is 1.60 bits per heavy atom. The highest BCUT2D eigenvalue weighted by Gasteiger charge is 2.37. The summed E-state index contributed by atoms with van der Waals surface area (Å²) in [6, 6.07) is 2.51. The fourth-order valence-corrected chi connectivity index (χ4v) is 2.61. The lowest BCUT2D eigenvalue weighted by molar-refractivity contribution is -0.138. The Hall–Kier alpha value is -1.43. The average molecular weight is 289 g/mol. The number of hydrogen-bond donors (Lipinski definition) is 1. The molecule has 112 valence electrons. The van der Waals surface area contributed by atoms with Gasteiger partial charge in [0.2, 0.25) is 0 Å². The first kappa shape index (κ1) is 15.0. The molecule has 6 heteroatoms. The summed E-state index contributed by atoms with van der Waals surface area (Å²) < 4.78 is 49.8. The summed E-state index contributed by atoms with van der Waals surface area (Å²) in [6.45, 7) is 1.46. The van der Waals surface area contributed by atoms with Gasteiger partial charge in [0.1, 0.15) is 0 Å². The molecule has 0 unspecified atom stereocenters. The number of methoxy groups -OCH3 is 2. The molecule has 1 saturated heterocycles. The Morgan fingerprint density at radius 3 is 2.10 bits per heavy atom. The highest BCUT2D eigenvalue weighted by molar-refractivity contribution is 5.49. The first-order valence-corrected chi connectivity index (χ1v) is 6.51. The van der Waals surface area contributed by atoms with Crippen molar-refractivity contribution in [1.29, 1.82) is 0 Å². The summed E-state index contributed by atoms with van der Waals surface area (Å²) in [4.78, 5) is 0. The minimum Gasteiger partial charge on any atom is -0.493 e. The van der Waals surface area contributed by atoms with E-state index >= 15 is 0 Å². The van der Waals surface area contributed by atoms with Crippen molar-refractivity contribution in [3.8, 4) is 11.5 Å². The summed E-state index contributed by atoms with van der Waals surface area (Å²) >= 11 is 0. The third-order valence-corrected chi connectivity index (χ3v) is 3.64. The van der Waals surface area contributed by atoms with Crippen LogP contribution in [0.25, 0.3) is 0 Å². The minimum absolute atomic E-state index is 0.104. The average Bonchev–Trinajstić information content (AvgIpc) is 2.45. The molecule has 1 aliphatic heterocycles. The van der Waals surface area contributed by atoms with Gasteiger partial charge >= 0.3 is 6.18 Å². The van der Waals surface area contributed by atoms with Gasteiger partial charge in [-0.25, -0.2) is 0 Å². The van der Waals surface area contributed by atoms with Gasteiger partial charge in [0.15, 0.2) is 11.5 Å². The molecule has 0 aromatic heterocycles. The van der Waals surface area contributed by atoms with Gasteiger partial charge in [-0.2, -0.15) is 13.2 Å². The van der Waals surface area contributed by atoms with E-state index in [0.717, 1.165) is 19.2 Å². The molecule has 20 heavy (non-hydrogen) atoms. The van der Waals surface area contributed by atoms with Crippen LogP contribution in [0.3, 0.4) is 0 Å². The first-order chi connectivity index (χ1) is 9.47. The molecule has 0 spiro atoms. The van der Waals surface area contributed by atoms with Crippen LogP contribution in [0, 0.1) is 0 Å². The Kier molecular flexibility index (Phi) is 4.42. The zero-order valence-electron chi connectivity index (χ0n) is 11.5. The smallest absolute Gasteiger partial charge is 0.416 e. The van der Waals surface area contributed by atoms with Crippen LogP contribution in [-0.4, -0.2) is 27.3 Å². The van der Waals surface area contributed by atoms with Crippen molar-refractivity contribution < 1.29 is 22.6 Å². The van der Waals surface area contributed by atoms with E-state index < -0.39 is 11.7 Å². The summed E-state index contributed by atoms with van der Waals surface area (Å²) in [5, 5.41) is 3.16. The maximum Gasteiger partial charge on any atom is 0.416 e. The van der Waals surface area contributed by atoms with Crippen molar-refractivity contribution in [3.05, 3.63) is 23.3 Å². The lowest BCUT2D eigenvalue weighted by atomic mass is 9.86. The van der Waals surface area contributed by atoms with Crippen molar-refractivity contribution in [2.24, 2.45) is 0 Å². The number of benzene rings is 1. The van der Waals surface area contributed by atoms with Crippen molar-refractivity contribution in [2.45, 2.75) is 24.9 Å². The molecule has 1 N–H and O–H groups in total. The summed E-state index contributed by atoms with van der Waals surface area (Å²) in [7, 11) is 2.76. The summed E-state index contributed by atoms with van der Waals surface area (Å²) in [5.41, 5.74) is -0.321. The van der Waals surface area contributed by atoms with E-state index in [1.165, 1.54) is 20.3 Å². The second-order valence-corrected chi connectivity index (χ2v) is 4.82. The monoisotopic (exact) mass is 289 g/mol. The number of halogens is 3. The highest BCUT2D eigenvalue weighted by atomic mass is 19.4. The SMILES string of the molecule is COc1cc(C2CCNCC2)c(C(F)(F)F)cc1OC. The maximum atomic E-state index is 13.2. The Labute approximate surface area is 116 Å². The molecule has 1 fully saturated rings. The molecular formula is C14H18F3NO2. The van der Waals surface area contributed by atoms with Crippen LogP contribution in [0.15, 0.2) is 12.1 Å². The molecule has 2 rings (SSSR count). The Bertz CT molecular complexity index is 468. The molecule has 0 aliphatic carbocycles. The molecular weight excluding hydrogens is 271 g/mol.